The first-order valence-electron chi connectivity index (χ1n) is 6.81. The van der Waals surface area contributed by atoms with Crippen LogP contribution in [-0.4, -0.2) is 0 Å². The maximum Gasteiger partial charge on any atom is -0.00791 e. The molecule has 88 valence electrons. The molecule has 0 heterocycles. The van der Waals surface area contributed by atoms with E-state index in [2.05, 4.69) is 48.6 Å². The molecule has 4 rings (SSSR count). The van der Waals surface area contributed by atoms with Gasteiger partial charge in [0.15, 0.2) is 0 Å². The molecular weight excluding hydrogens is 216 g/mol. The van der Waals surface area contributed by atoms with Gasteiger partial charge in [0.2, 0.25) is 0 Å². The van der Waals surface area contributed by atoms with Crippen LogP contribution in [0.5, 0.6) is 0 Å². The van der Waals surface area contributed by atoms with Crippen molar-refractivity contribution in [3.8, 4) is 0 Å². The molecule has 0 saturated heterocycles. The van der Waals surface area contributed by atoms with Crippen LogP contribution in [0.3, 0.4) is 0 Å². The lowest BCUT2D eigenvalue weighted by Gasteiger charge is -2.25. The SMILES string of the molecule is C1=CCC2=CCc3c(ccc4c3C=CCC4)C2=C1. The quantitative estimate of drug-likeness (QED) is 0.619. The van der Waals surface area contributed by atoms with E-state index < -0.39 is 0 Å². The predicted octanol–water partition coefficient (Wildman–Crippen LogP) is 4.47. The number of hydrogen-bond acceptors (Lipinski definition) is 0. The van der Waals surface area contributed by atoms with E-state index in [9.17, 15) is 0 Å². The molecule has 18 heavy (non-hydrogen) atoms. The molecule has 3 aliphatic carbocycles. The fourth-order valence-electron chi connectivity index (χ4n) is 3.31. The van der Waals surface area contributed by atoms with Gasteiger partial charge in [-0.05, 0) is 59.1 Å². The zero-order chi connectivity index (χ0) is 11.9. The first-order chi connectivity index (χ1) is 8.93. The first-order valence-corrected chi connectivity index (χ1v) is 6.81. The van der Waals surface area contributed by atoms with Gasteiger partial charge in [0.1, 0.15) is 0 Å². The summed E-state index contributed by atoms with van der Waals surface area (Å²) < 4.78 is 0. The predicted molar refractivity (Wildman–Crippen MR) is 77.3 cm³/mol. The Morgan fingerprint density at radius 3 is 3.00 bits per heavy atom. The minimum atomic E-state index is 1.10. The Labute approximate surface area is 108 Å². The van der Waals surface area contributed by atoms with Crippen LogP contribution < -0.4 is 0 Å². The van der Waals surface area contributed by atoms with Crippen LogP contribution in [0, 0.1) is 0 Å². The summed E-state index contributed by atoms with van der Waals surface area (Å²) in [5.74, 6) is 0. The number of fused-ring (bicyclic) bond motifs is 5. The van der Waals surface area contributed by atoms with E-state index in [1.807, 2.05) is 0 Å². The summed E-state index contributed by atoms with van der Waals surface area (Å²) in [5, 5.41) is 0. The van der Waals surface area contributed by atoms with Gasteiger partial charge in [-0.25, -0.2) is 0 Å². The summed E-state index contributed by atoms with van der Waals surface area (Å²) in [7, 11) is 0. The van der Waals surface area contributed by atoms with Gasteiger partial charge in [0.25, 0.3) is 0 Å². The smallest absolute Gasteiger partial charge is 0.00791 e. The summed E-state index contributed by atoms with van der Waals surface area (Å²) in [5.41, 5.74) is 8.96. The Balaban J connectivity index is 1.96. The molecule has 0 spiro atoms. The normalized spacial score (nSPS) is 19.6. The van der Waals surface area contributed by atoms with Crippen LogP contribution in [-0.2, 0) is 12.8 Å². The molecule has 0 aromatic heterocycles. The lowest BCUT2D eigenvalue weighted by Crippen LogP contribution is -2.08. The zero-order valence-electron chi connectivity index (χ0n) is 10.4. The van der Waals surface area contributed by atoms with Gasteiger partial charge in [-0.2, -0.15) is 0 Å². The molecule has 0 unspecified atom stereocenters. The van der Waals surface area contributed by atoms with Gasteiger partial charge in [-0.3, -0.25) is 0 Å². The highest BCUT2D eigenvalue weighted by molar-refractivity contribution is 5.87. The minimum Gasteiger partial charge on any atom is -0.0836 e. The topological polar surface area (TPSA) is 0 Å². The molecule has 0 N–H and O–H groups in total. The first kappa shape index (κ1) is 10.1. The standard InChI is InChI=1S/C18H16/c1-3-7-15-13(5-1)9-11-18-16-8-4-2-6-14(16)10-12-17(15)18/h1,3-4,7-10,12H,2,5-6,11H2. The van der Waals surface area contributed by atoms with E-state index in [4.69, 9.17) is 0 Å². The molecule has 0 aliphatic heterocycles. The van der Waals surface area contributed by atoms with Crippen molar-refractivity contribution < 1.29 is 0 Å². The lowest BCUT2D eigenvalue weighted by molar-refractivity contribution is 0.972. The van der Waals surface area contributed by atoms with Gasteiger partial charge < -0.3 is 0 Å². The zero-order valence-corrected chi connectivity index (χ0v) is 10.4. The van der Waals surface area contributed by atoms with Crippen LogP contribution >= 0.6 is 0 Å². The Bertz CT molecular complexity index is 636. The highest BCUT2D eigenvalue weighted by Crippen LogP contribution is 2.39. The van der Waals surface area contributed by atoms with Crippen LogP contribution in [0.2, 0.25) is 0 Å². The van der Waals surface area contributed by atoms with E-state index in [1.165, 1.54) is 46.2 Å². The van der Waals surface area contributed by atoms with Crippen molar-refractivity contribution in [1.82, 2.24) is 0 Å². The monoisotopic (exact) mass is 232 g/mol. The van der Waals surface area contributed by atoms with Gasteiger partial charge >= 0.3 is 0 Å². The van der Waals surface area contributed by atoms with E-state index in [-0.39, 0.29) is 0 Å². The summed E-state index contributed by atoms with van der Waals surface area (Å²) in [6.45, 7) is 0. The summed E-state index contributed by atoms with van der Waals surface area (Å²) in [6, 6.07) is 4.67. The van der Waals surface area contributed by atoms with Crippen molar-refractivity contribution in [2.45, 2.75) is 25.7 Å². The molecule has 0 amide bonds. The minimum absolute atomic E-state index is 1.10. The van der Waals surface area contributed by atoms with Crippen LogP contribution in [0.25, 0.3) is 11.6 Å². The molecule has 0 nitrogen and oxygen atoms in total. The van der Waals surface area contributed by atoms with Crippen molar-refractivity contribution in [2.24, 2.45) is 0 Å². The Morgan fingerprint density at radius 1 is 1.00 bits per heavy atom. The maximum atomic E-state index is 2.42. The molecule has 0 bridgehead atoms. The molecule has 0 radical (unpaired) electrons. The molecule has 0 atom stereocenters. The fraction of sp³-hybridized carbons (Fsp3) is 0.222. The van der Waals surface area contributed by atoms with Crippen molar-refractivity contribution in [3.05, 3.63) is 70.3 Å². The Hall–Kier alpha value is -1.82. The highest BCUT2D eigenvalue weighted by Gasteiger charge is 2.21. The fourth-order valence-corrected chi connectivity index (χ4v) is 3.31. The van der Waals surface area contributed by atoms with Gasteiger partial charge in [-0.15, -0.1) is 0 Å². The molecule has 0 heteroatoms. The molecule has 1 aromatic carbocycles. The summed E-state index contributed by atoms with van der Waals surface area (Å²) in [4.78, 5) is 0. The second-order valence-electron chi connectivity index (χ2n) is 5.25. The second-order valence-corrected chi connectivity index (χ2v) is 5.25. The third-order valence-corrected chi connectivity index (χ3v) is 4.24. The number of hydrogen-bond donors (Lipinski definition) is 0. The molecular formula is C18H16. The summed E-state index contributed by atoms with van der Waals surface area (Å²) in [6.07, 6.45) is 18.4. The van der Waals surface area contributed by atoms with E-state index in [0.717, 1.165) is 12.8 Å². The molecule has 0 fully saturated rings. The summed E-state index contributed by atoms with van der Waals surface area (Å²) >= 11 is 0. The van der Waals surface area contributed by atoms with Crippen molar-refractivity contribution in [1.29, 1.82) is 0 Å². The van der Waals surface area contributed by atoms with Gasteiger partial charge in [-0.1, -0.05) is 48.6 Å². The molecule has 0 saturated carbocycles. The van der Waals surface area contributed by atoms with Crippen molar-refractivity contribution >= 4 is 11.6 Å². The van der Waals surface area contributed by atoms with E-state index >= 15 is 0 Å². The molecule has 3 aliphatic rings. The van der Waals surface area contributed by atoms with Crippen molar-refractivity contribution in [3.63, 3.8) is 0 Å². The average Bonchev–Trinajstić information content (AvgIpc) is 2.46. The highest BCUT2D eigenvalue weighted by atomic mass is 14.2. The van der Waals surface area contributed by atoms with E-state index in [1.54, 1.807) is 0 Å². The van der Waals surface area contributed by atoms with Crippen LogP contribution in [0.1, 0.15) is 35.1 Å². The third-order valence-electron chi connectivity index (χ3n) is 4.24. The van der Waals surface area contributed by atoms with Crippen LogP contribution in [0.15, 0.2) is 48.1 Å². The third kappa shape index (κ3) is 1.38. The number of allylic oxidation sites excluding steroid dienone is 7. The number of benzene rings is 1. The van der Waals surface area contributed by atoms with Gasteiger partial charge in [0.05, 0.1) is 0 Å². The average molecular weight is 232 g/mol. The lowest BCUT2D eigenvalue weighted by atomic mass is 9.79. The maximum absolute atomic E-state index is 2.42. The number of rotatable bonds is 0. The van der Waals surface area contributed by atoms with E-state index in [0.29, 0.717) is 0 Å². The van der Waals surface area contributed by atoms with Gasteiger partial charge in [0, 0.05) is 0 Å². The van der Waals surface area contributed by atoms with Crippen molar-refractivity contribution in [2.75, 3.05) is 0 Å². The van der Waals surface area contributed by atoms with Crippen LogP contribution in [0.4, 0.5) is 0 Å². The number of aryl methyl sites for hydroxylation is 1. The molecule has 1 aromatic rings. The largest absolute Gasteiger partial charge is 0.0836 e. The Kier molecular flexibility index (Phi) is 2.16. The Morgan fingerprint density at radius 2 is 2.00 bits per heavy atom. The second kappa shape index (κ2) is 3.84.